The molecule has 0 heterocycles. The van der Waals surface area contributed by atoms with Crippen molar-refractivity contribution in [1.29, 1.82) is 0 Å². The third-order valence-electron chi connectivity index (χ3n) is 3.02. The fraction of sp³-hybridized carbons (Fsp3) is 0.750. The lowest BCUT2D eigenvalue weighted by Crippen LogP contribution is -2.27. The van der Waals surface area contributed by atoms with E-state index in [9.17, 15) is 14.4 Å². The molecular formula is C12H19NO4S. The number of hydrogen-bond acceptors (Lipinski definition) is 5. The van der Waals surface area contributed by atoms with Crippen LogP contribution in [0.4, 0.5) is 0 Å². The second-order valence-electron chi connectivity index (χ2n) is 4.30. The van der Waals surface area contributed by atoms with Gasteiger partial charge in [-0.25, -0.2) is 0 Å². The summed E-state index contributed by atoms with van der Waals surface area (Å²) in [5.74, 6) is 0.677. The van der Waals surface area contributed by atoms with E-state index in [0.29, 0.717) is 25.1 Å². The fourth-order valence-electron chi connectivity index (χ4n) is 2.06. The van der Waals surface area contributed by atoms with E-state index in [1.54, 1.807) is 11.8 Å². The van der Waals surface area contributed by atoms with Gasteiger partial charge in [-0.15, -0.1) is 0 Å². The number of carbonyl (C=O) groups excluding carboxylic acids is 3. The molecule has 0 aromatic carbocycles. The summed E-state index contributed by atoms with van der Waals surface area (Å²) in [6.45, 7) is 2.06. The summed E-state index contributed by atoms with van der Waals surface area (Å²) < 4.78 is 4.71. The summed E-state index contributed by atoms with van der Waals surface area (Å²) in [4.78, 5) is 33.9. The van der Waals surface area contributed by atoms with Crippen molar-refractivity contribution in [2.45, 2.75) is 19.8 Å². The van der Waals surface area contributed by atoms with E-state index in [4.69, 9.17) is 4.74 Å². The van der Waals surface area contributed by atoms with Crippen molar-refractivity contribution < 1.29 is 19.1 Å². The van der Waals surface area contributed by atoms with Crippen LogP contribution < -0.4 is 5.32 Å². The van der Waals surface area contributed by atoms with E-state index in [1.807, 2.05) is 0 Å². The zero-order chi connectivity index (χ0) is 13.5. The molecule has 2 atom stereocenters. The van der Waals surface area contributed by atoms with E-state index in [-0.39, 0.29) is 29.5 Å². The molecule has 0 aliphatic heterocycles. The van der Waals surface area contributed by atoms with Crippen molar-refractivity contribution in [3.63, 3.8) is 0 Å². The number of thioether (sulfide) groups is 1. The first-order valence-corrected chi connectivity index (χ1v) is 7.14. The number of Topliss-reactive ketones (excluding diaryl/α,β-unsaturated/α-hetero) is 1. The topological polar surface area (TPSA) is 72.5 Å². The fourth-order valence-corrected chi connectivity index (χ4v) is 3.15. The summed E-state index contributed by atoms with van der Waals surface area (Å²) in [7, 11) is 1.35. The second-order valence-corrected chi connectivity index (χ2v) is 5.45. The average Bonchev–Trinajstić information content (AvgIpc) is 2.69. The molecule has 102 valence electrons. The van der Waals surface area contributed by atoms with Crippen LogP contribution >= 0.6 is 11.8 Å². The van der Waals surface area contributed by atoms with Crippen LogP contribution in [0.15, 0.2) is 0 Å². The van der Waals surface area contributed by atoms with Crippen molar-refractivity contribution in [2.24, 2.45) is 11.8 Å². The molecule has 5 nitrogen and oxygen atoms in total. The lowest BCUT2D eigenvalue weighted by Gasteiger charge is -2.15. The van der Waals surface area contributed by atoms with Gasteiger partial charge in [0, 0.05) is 37.3 Å². The van der Waals surface area contributed by atoms with Crippen LogP contribution in [0.1, 0.15) is 19.8 Å². The first kappa shape index (κ1) is 15.0. The summed E-state index contributed by atoms with van der Waals surface area (Å²) in [5, 5.41) is 2.69. The molecule has 1 amide bonds. The van der Waals surface area contributed by atoms with Crippen molar-refractivity contribution in [3.05, 3.63) is 0 Å². The molecule has 0 aromatic rings. The summed E-state index contributed by atoms with van der Waals surface area (Å²) in [6.07, 6.45) is 1.07. The molecule has 0 bridgehead atoms. The predicted octanol–water partition coefficient (Wildman–Crippen LogP) is 0.624. The van der Waals surface area contributed by atoms with Gasteiger partial charge in [0.05, 0.1) is 13.0 Å². The van der Waals surface area contributed by atoms with Crippen LogP contribution in [0.25, 0.3) is 0 Å². The highest BCUT2D eigenvalue weighted by Crippen LogP contribution is 2.32. The molecule has 1 N–H and O–H groups in total. The van der Waals surface area contributed by atoms with Crippen LogP contribution in [-0.4, -0.2) is 42.8 Å². The molecule has 0 aromatic heterocycles. The number of rotatable bonds is 6. The van der Waals surface area contributed by atoms with Crippen LogP contribution in [0.2, 0.25) is 0 Å². The SMILES string of the molecule is COC(=O)[C@@H]1CCC(=O)[C@H]1CSCCNC(C)=O. The smallest absolute Gasteiger partial charge is 0.309 e. The van der Waals surface area contributed by atoms with Gasteiger partial charge in [0.15, 0.2) is 0 Å². The third kappa shape index (κ3) is 4.33. The number of ketones is 1. The van der Waals surface area contributed by atoms with E-state index in [2.05, 4.69) is 5.32 Å². The molecule has 6 heteroatoms. The van der Waals surface area contributed by atoms with Crippen LogP contribution in [0.3, 0.4) is 0 Å². The number of ether oxygens (including phenoxy) is 1. The summed E-state index contributed by atoms with van der Waals surface area (Å²) in [5.41, 5.74) is 0. The molecule has 0 spiro atoms. The Morgan fingerprint density at radius 3 is 2.83 bits per heavy atom. The lowest BCUT2D eigenvalue weighted by molar-refractivity contribution is -0.147. The molecule has 0 unspecified atom stereocenters. The Morgan fingerprint density at radius 1 is 1.50 bits per heavy atom. The Bertz CT molecular complexity index is 332. The number of carbonyl (C=O) groups is 3. The highest BCUT2D eigenvalue weighted by molar-refractivity contribution is 7.99. The minimum atomic E-state index is -0.284. The first-order valence-electron chi connectivity index (χ1n) is 5.99. The van der Waals surface area contributed by atoms with E-state index < -0.39 is 0 Å². The predicted molar refractivity (Wildman–Crippen MR) is 69.2 cm³/mol. The van der Waals surface area contributed by atoms with Gasteiger partial charge in [0.25, 0.3) is 0 Å². The molecule has 0 saturated heterocycles. The maximum Gasteiger partial charge on any atom is 0.309 e. The normalized spacial score (nSPS) is 22.9. The van der Waals surface area contributed by atoms with Gasteiger partial charge < -0.3 is 10.1 Å². The molecule has 18 heavy (non-hydrogen) atoms. The van der Waals surface area contributed by atoms with Gasteiger partial charge >= 0.3 is 5.97 Å². The van der Waals surface area contributed by atoms with Gasteiger partial charge in [0.2, 0.25) is 5.91 Å². The van der Waals surface area contributed by atoms with E-state index in [1.165, 1.54) is 14.0 Å². The minimum absolute atomic E-state index is 0.0556. The Kier molecular flexibility index (Phi) is 6.18. The van der Waals surface area contributed by atoms with Gasteiger partial charge in [-0.05, 0) is 6.42 Å². The Balaban J connectivity index is 2.32. The summed E-state index contributed by atoms with van der Waals surface area (Å²) >= 11 is 1.58. The van der Waals surface area contributed by atoms with Gasteiger partial charge in [-0.3, -0.25) is 14.4 Å². The number of amides is 1. The maximum atomic E-state index is 11.7. The first-order chi connectivity index (χ1) is 8.56. The molecule has 1 rings (SSSR count). The Morgan fingerprint density at radius 2 is 2.22 bits per heavy atom. The van der Waals surface area contributed by atoms with Crippen molar-refractivity contribution in [1.82, 2.24) is 5.32 Å². The van der Waals surface area contributed by atoms with Gasteiger partial charge in [-0.1, -0.05) is 0 Å². The Hall–Kier alpha value is -1.04. The standard InChI is InChI=1S/C12H19NO4S/c1-8(14)13-5-6-18-7-10-9(12(16)17-2)3-4-11(10)15/h9-10H,3-7H2,1-2H3,(H,13,14)/t9-,10+/m1/s1. The molecule has 0 radical (unpaired) electrons. The van der Waals surface area contributed by atoms with Crippen molar-refractivity contribution >= 4 is 29.4 Å². The van der Waals surface area contributed by atoms with E-state index >= 15 is 0 Å². The molecule has 1 saturated carbocycles. The van der Waals surface area contributed by atoms with Crippen molar-refractivity contribution in [2.75, 3.05) is 25.2 Å². The molecule has 1 aliphatic carbocycles. The third-order valence-corrected chi connectivity index (χ3v) is 4.11. The zero-order valence-electron chi connectivity index (χ0n) is 10.7. The highest BCUT2D eigenvalue weighted by atomic mass is 32.2. The number of hydrogen-bond donors (Lipinski definition) is 1. The zero-order valence-corrected chi connectivity index (χ0v) is 11.5. The van der Waals surface area contributed by atoms with Gasteiger partial charge in [0.1, 0.15) is 5.78 Å². The van der Waals surface area contributed by atoms with Crippen LogP contribution in [-0.2, 0) is 19.1 Å². The quantitative estimate of drug-likeness (QED) is 0.567. The highest BCUT2D eigenvalue weighted by Gasteiger charge is 2.39. The van der Waals surface area contributed by atoms with Crippen LogP contribution in [0.5, 0.6) is 0 Å². The largest absolute Gasteiger partial charge is 0.469 e. The average molecular weight is 273 g/mol. The van der Waals surface area contributed by atoms with Crippen molar-refractivity contribution in [3.8, 4) is 0 Å². The maximum absolute atomic E-state index is 11.7. The lowest BCUT2D eigenvalue weighted by atomic mass is 9.98. The molecular weight excluding hydrogens is 254 g/mol. The molecule has 1 fully saturated rings. The van der Waals surface area contributed by atoms with Gasteiger partial charge in [-0.2, -0.15) is 11.8 Å². The Labute approximate surface area is 111 Å². The number of methoxy groups -OCH3 is 1. The second kappa shape index (κ2) is 7.41. The van der Waals surface area contributed by atoms with Crippen LogP contribution in [0, 0.1) is 11.8 Å². The van der Waals surface area contributed by atoms with E-state index in [0.717, 1.165) is 5.75 Å². The number of esters is 1. The molecule has 1 aliphatic rings. The minimum Gasteiger partial charge on any atom is -0.469 e. The monoisotopic (exact) mass is 273 g/mol. The number of nitrogens with one attached hydrogen (secondary N) is 1. The summed E-state index contributed by atoms with van der Waals surface area (Å²) in [6, 6.07) is 0.